The van der Waals surface area contributed by atoms with Gasteiger partial charge in [-0.2, -0.15) is 13.2 Å². The Labute approximate surface area is 80.5 Å². The van der Waals surface area contributed by atoms with E-state index >= 15 is 0 Å². The number of halogens is 4. The second-order valence-electron chi connectivity index (χ2n) is 2.33. The smallest absolute Gasteiger partial charge is 0.378 e. The third kappa shape index (κ3) is 2.67. The van der Waals surface area contributed by atoms with E-state index in [0.717, 1.165) is 6.07 Å². The molecule has 0 spiro atoms. The first-order chi connectivity index (χ1) is 5.91. The SMILES string of the molecule is O[C@@H](c1cccc(Br)n1)C(F)(F)F. The summed E-state index contributed by atoms with van der Waals surface area (Å²) in [5.41, 5.74) is -0.415. The van der Waals surface area contributed by atoms with Crippen molar-refractivity contribution < 1.29 is 18.3 Å². The summed E-state index contributed by atoms with van der Waals surface area (Å²) >= 11 is 2.91. The van der Waals surface area contributed by atoms with Crippen LogP contribution in [0.2, 0.25) is 0 Å². The van der Waals surface area contributed by atoms with Gasteiger partial charge >= 0.3 is 6.18 Å². The van der Waals surface area contributed by atoms with E-state index in [4.69, 9.17) is 5.11 Å². The van der Waals surface area contributed by atoms with Gasteiger partial charge < -0.3 is 5.11 Å². The van der Waals surface area contributed by atoms with Crippen LogP contribution in [0.5, 0.6) is 0 Å². The van der Waals surface area contributed by atoms with Crippen molar-refractivity contribution in [3.63, 3.8) is 0 Å². The van der Waals surface area contributed by atoms with Crippen LogP contribution in [-0.2, 0) is 0 Å². The van der Waals surface area contributed by atoms with E-state index < -0.39 is 18.0 Å². The average Bonchev–Trinajstić information content (AvgIpc) is 2.01. The highest BCUT2D eigenvalue weighted by atomic mass is 79.9. The van der Waals surface area contributed by atoms with Crippen LogP contribution in [0.1, 0.15) is 11.8 Å². The Bertz CT molecular complexity index is 302. The first-order valence-corrected chi connectivity index (χ1v) is 4.08. The molecule has 0 aliphatic carbocycles. The van der Waals surface area contributed by atoms with E-state index in [1.165, 1.54) is 12.1 Å². The molecule has 0 unspecified atom stereocenters. The fourth-order valence-corrected chi connectivity index (χ4v) is 1.10. The number of hydrogen-bond donors (Lipinski definition) is 1. The van der Waals surface area contributed by atoms with Crippen LogP contribution in [-0.4, -0.2) is 16.3 Å². The Morgan fingerprint density at radius 3 is 2.46 bits per heavy atom. The molecule has 0 radical (unpaired) electrons. The van der Waals surface area contributed by atoms with E-state index in [2.05, 4.69) is 20.9 Å². The summed E-state index contributed by atoms with van der Waals surface area (Å²) < 4.78 is 36.1. The average molecular weight is 256 g/mol. The summed E-state index contributed by atoms with van der Waals surface area (Å²) in [5, 5.41) is 8.77. The maximum atomic E-state index is 12.0. The van der Waals surface area contributed by atoms with Gasteiger partial charge in [0, 0.05) is 0 Å². The van der Waals surface area contributed by atoms with Crippen molar-refractivity contribution in [3.8, 4) is 0 Å². The minimum Gasteiger partial charge on any atom is -0.378 e. The summed E-state index contributed by atoms with van der Waals surface area (Å²) in [6, 6.07) is 3.97. The van der Waals surface area contributed by atoms with Gasteiger partial charge in [-0.1, -0.05) is 6.07 Å². The lowest BCUT2D eigenvalue weighted by molar-refractivity contribution is -0.208. The zero-order valence-electron chi connectivity index (χ0n) is 6.22. The number of rotatable bonds is 1. The molecule has 1 aromatic rings. The molecule has 1 heterocycles. The first kappa shape index (κ1) is 10.5. The molecule has 13 heavy (non-hydrogen) atoms. The zero-order valence-corrected chi connectivity index (χ0v) is 7.80. The summed E-state index contributed by atoms with van der Waals surface area (Å²) in [7, 11) is 0. The molecule has 2 nitrogen and oxygen atoms in total. The zero-order chi connectivity index (χ0) is 10.1. The molecule has 0 aliphatic heterocycles. The Balaban J connectivity index is 2.96. The molecule has 1 atom stereocenters. The molecule has 0 aromatic carbocycles. The highest BCUT2D eigenvalue weighted by molar-refractivity contribution is 9.10. The second kappa shape index (κ2) is 3.63. The highest BCUT2D eigenvalue weighted by Crippen LogP contribution is 2.31. The summed E-state index contributed by atoms with van der Waals surface area (Å²) in [5.74, 6) is 0. The van der Waals surface area contributed by atoms with Gasteiger partial charge in [0.25, 0.3) is 0 Å². The van der Waals surface area contributed by atoms with Crippen molar-refractivity contribution in [1.82, 2.24) is 4.98 Å². The number of pyridine rings is 1. The van der Waals surface area contributed by atoms with Crippen LogP contribution >= 0.6 is 15.9 Å². The van der Waals surface area contributed by atoms with Gasteiger partial charge in [-0.3, -0.25) is 0 Å². The maximum absolute atomic E-state index is 12.0. The lowest BCUT2D eigenvalue weighted by Crippen LogP contribution is -2.21. The summed E-state index contributed by atoms with van der Waals surface area (Å²) in [6.45, 7) is 0. The molecule has 1 rings (SSSR count). The number of aliphatic hydroxyl groups excluding tert-OH is 1. The van der Waals surface area contributed by atoms with Crippen molar-refractivity contribution in [2.75, 3.05) is 0 Å². The highest BCUT2D eigenvalue weighted by Gasteiger charge is 2.40. The molecule has 0 amide bonds. The van der Waals surface area contributed by atoms with Crippen LogP contribution in [0.3, 0.4) is 0 Å². The number of aromatic nitrogens is 1. The van der Waals surface area contributed by atoms with Gasteiger partial charge in [0.2, 0.25) is 0 Å². The van der Waals surface area contributed by atoms with Crippen LogP contribution in [0.4, 0.5) is 13.2 Å². The van der Waals surface area contributed by atoms with E-state index in [0.29, 0.717) is 0 Å². The minimum atomic E-state index is -4.67. The van der Waals surface area contributed by atoms with Crippen LogP contribution < -0.4 is 0 Å². The van der Waals surface area contributed by atoms with E-state index in [9.17, 15) is 13.2 Å². The van der Waals surface area contributed by atoms with E-state index in [1.54, 1.807) is 0 Å². The van der Waals surface area contributed by atoms with Crippen molar-refractivity contribution in [2.24, 2.45) is 0 Å². The van der Waals surface area contributed by atoms with E-state index in [-0.39, 0.29) is 4.60 Å². The predicted molar refractivity (Wildman–Crippen MR) is 43.0 cm³/mol. The van der Waals surface area contributed by atoms with E-state index in [1.807, 2.05) is 0 Å². The summed E-state index contributed by atoms with van der Waals surface area (Å²) in [6.07, 6.45) is -7.20. The van der Waals surface area contributed by atoms with Crippen LogP contribution in [0.25, 0.3) is 0 Å². The normalized spacial score (nSPS) is 14.2. The number of alkyl halides is 3. The van der Waals surface area contributed by atoms with Gasteiger partial charge in [0.15, 0.2) is 6.10 Å². The fourth-order valence-electron chi connectivity index (χ4n) is 0.744. The molecule has 0 bridgehead atoms. The van der Waals surface area contributed by atoms with Crippen LogP contribution in [0.15, 0.2) is 22.8 Å². The molecule has 0 aliphatic rings. The Morgan fingerprint density at radius 1 is 1.38 bits per heavy atom. The summed E-state index contributed by atoms with van der Waals surface area (Å²) in [4.78, 5) is 3.49. The Kier molecular flexibility index (Phi) is 2.92. The van der Waals surface area contributed by atoms with Crippen molar-refractivity contribution in [2.45, 2.75) is 12.3 Å². The van der Waals surface area contributed by atoms with Crippen molar-refractivity contribution >= 4 is 15.9 Å². The van der Waals surface area contributed by atoms with Crippen molar-refractivity contribution in [1.29, 1.82) is 0 Å². The molecule has 0 fully saturated rings. The molecular formula is C7H5BrF3NO. The maximum Gasteiger partial charge on any atom is 0.420 e. The van der Waals surface area contributed by atoms with Gasteiger partial charge in [-0.05, 0) is 28.1 Å². The molecular weight excluding hydrogens is 251 g/mol. The van der Waals surface area contributed by atoms with Crippen molar-refractivity contribution in [3.05, 3.63) is 28.5 Å². The number of hydrogen-bond acceptors (Lipinski definition) is 2. The molecule has 72 valence electrons. The quantitative estimate of drug-likeness (QED) is 0.783. The second-order valence-corrected chi connectivity index (χ2v) is 3.14. The molecule has 6 heteroatoms. The number of aliphatic hydroxyl groups is 1. The largest absolute Gasteiger partial charge is 0.420 e. The predicted octanol–water partition coefficient (Wildman–Crippen LogP) is 2.44. The number of nitrogens with zero attached hydrogens (tertiary/aromatic N) is 1. The monoisotopic (exact) mass is 255 g/mol. The van der Waals surface area contributed by atoms with Gasteiger partial charge in [-0.25, -0.2) is 4.98 Å². The third-order valence-corrected chi connectivity index (χ3v) is 1.77. The first-order valence-electron chi connectivity index (χ1n) is 3.28. The minimum absolute atomic E-state index is 0.258. The van der Waals surface area contributed by atoms with Gasteiger partial charge in [0.1, 0.15) is 4.60 Å². The van der Waals surface area contributed by atoms with Gasteiger partial charge in [0.05, 0.1) is 5.69 Å². The molecule has 0 saturated carbocycles. The Hall–Kier alpha value is -0.620. The molecule has 1 aromatic heterocycles. The standard InChI is InChI=1S/C7H5BrF3NO/c8-5-3-1-2-4(12-5)6(13)7(9,10)11/h1-3,6,13H/t6-/m0/s1. The lowest BCUT2D eigenvalue weighted by Gasteiger charge is -2.13. The van der Waals surface area contributed by atoms with Crippen LogP contribution in [0, 0.1) is 0 Å². The topological polar surface area (TPSA) is 33.1 Å². The lowest BCUT2D eigenvalue weighted by atomic mass is 10.2. The Morgan fingerprint density at radius 2 is 2.00 bits per heavy atom. The fraction of sp³-hybridized carbons (Fsp3) is 0.286. The third-order valence-electron chi connectivity index (χ3n) is 1.33. The molecule has 1 N–H and O–H groups in total. The molecule has 0 saturated heterocycles. The van der Waals surface area contributed by atoms with Gasteiger partial charge in [-0.15, -0.1) is 0 Å².